The van der Waals surface area contributed by atoms with Crippen molar-refractivity contribution in [3.8, 4) is 0 Å². The third kappa shape index (κ3) is 8.37. The maximum absolute atomic E-state index is 12.4. The summed E-state index contributed by atoms with van der Waals surface area (Å²) in [6.45, 7) is 2.94. The van der Waals surface area contributed by atoms with Gasteiger partial charge in [0.15, 0.2) is 0 Å². The van der Waals surface area contributed by atoms with Gasteiger partial charge in [-0.2, -0.15) is 13.2 Å². The maximum atomic E-state index is 12.4. The number of carbonyl (C=O) groups is 3. The van der Waals surface area contributed by atoms with Crippen molar-refractivity contribution >= 4 is 29.2 Å². The van der Waals surface area contributed by atoms with Crippen LogP contribution in [-0.4, -0.2) is 47.8 Å². The molecule has 0 heterocycles. The quantitative estimate of drug-likeness (QED) is 0.585. The second kappa shape index (κ2) is 11.6. The van der Waals surface area contributed by atoms with Gasteiger partial charge < -0.3 is 20.4 Å². The van der Waals surface area contributed by atoms with Crippen molar-refractivity contribution in [3.05, 3.63) is 59.7 Å². The van der Waals surface area contributed by atoms with Gasteiger partial charge in [0.05, 0.1) is 16.9 Å². The maximum Gasteiger partial charge on any atom is 0.490 e. The Bertz CT molecular complexity index is 902. The number of nitrogens with zero attached hydrogens (tertiary/aromatic N) is 1. The van der Waals surface area contributed by atoms with E-state index in [1.807, 2.05) is 18.0 Å². The highest BCUT2D eigenvalue weighted by molar-refractivity contribution is 6.06. The molecule has 31 heavy (non-hydrogen) atoms. The Kier molecular flexibility index (Phi) is 9.52. The third-order valence-corrected chi connectivity index (χ3v) is 4.03. The van der Waals surface area contributed by atoms with Gasteiger partial charge in [-0.25, -0.2) is 9.59 Å². The number of carboxylic acid groups (broad SMARTS) is 2. The number of unbranched alkanes of at least 4 members (excludes halogenated alkanes) is 1. The number of benzene rings is 2. The van der Waals surface area contributed by atoms with E-state index in [1.165, 1.54) is 6.07 Å². The van der Waals surface area contributed by atoms with E-state index >= 15 is 0 Å². The SMILES string of the molecule is CCCCN(C)c1ccc(C(=O)O)cc1NC(=O)c1ccccc1.O=C(O)C(F)(F)F. The lowest BCUT2D eigenvalue weighted by atomic mass is 10.1. The van der Waals surface area contributed by atoms with Crippen LogP contribution in [0.5, 0.6) is 0 Å². The zero-order valence-corrected chi connectivity index (χ0v) is 16.9. The van der Waals surface area contributed by atoms with E-state index in [0.717, 1.165) is 25.1 Å². The van der Waals surface area contributed by atoms with Crippen molar-refractivity contribution in [2.45, 2.75) is 25.9 Å². The van der Waals surface area contributed by atoms with Gasteiger partial charge in [-0.15, -0.1) is 0 Å². The van der Waals surface area contributed by atoms with Crippen LogP contribution in [-0.2, 0) is 4.79 Å². The first kappa shape index (κ1) is 25.5. The number of aromatic carboxylic acids is 1. The fraction of sp³-hybridized carbons (Fsp3) is 0.286. The summed E-state index contributed by atoms with van der Waals surface area (Å²) in [5, 5.41) is 19.2. The summed E-state index contributed by atoms with van der Waals surface area (Å²) in [5.74, 6) is -4.04. The number of anilines is 2. The Hall–Kier alpha value is -3.56. The van der Waals surface area contributed by atoms with Crippen LogP contribution in [0.25, 0.3) is 0 Å². The molecular weight excluding hydrogens is 417 g/mol. The lowest BCUT2D eigenvalue weighted by Crippen LogP contribution is -2.22. The molecule has 0 unspecified atom stereocenters. The Balaban J connectivity index is 0.000000592. The largest absolute Gasteiger partial charge is 0.490 e. The number of hydrogen-bond acceptors (Lipinski definition) is 4. The summed E-state index contributed by atoms with van der Waals surface area (Å²) in [4.78, 5) is 34.6. The Morgan fingerprint density at radius 2 is 1.58 bits per heavy atom. The number of carbonyl (C=O) groups excluding carboxylic acids is 1. The molecule has 0 saturated carbocycles. The number of nitrogens with one attached hydrogen (secondary N) is 1. The van der Waals surface area contributed by atoms with Crippen LogP contribution in [0.2, 0.25) is 0 Å². The molecule has 0 spiro atoms. The predicted molar refractivity (Wildman–Crippen MR) is 110 cm³/mol. The van der Waals surface area contributed by atoms with E-state index in [0.29, 0.717) is 11.3 Å². The number of amides is 1. The summed E-state index contributed by atoms with van der Waals surface area (Å²) < 4.78 is 31.7. The molecule has 2 rings (SSSR count). The minimum absolute atomic E-state index is 0.144. The zero-order chi connectivity index (χ0) is 23.6. The van der Waals surface area contributed by atoms with E-state index in [9.17, 15) is 27.9 Å². The van der Waals surface area contributed by atoms with Crippen molar-refractivity contribution in [1.29, 1.82) is 0 Å². The molecule has 0 aliphatic carbocycles. The van der Waals surface area contributed by atoms with E-state index in [-0.39, 0.29) is 11.5 Å². The second-order valence-corrected chi connectivity index (χ2v) is 6.44. The average molecular weight is 440 g/mol. The van der Waals surface area contributed by atoms with Crippen LogP contribution in [0.3, 0.4) is 0 Å². The van der Waals surface area contributed by atoms with Gasteiger partial charge in [0.25, 0.3) is 5.91 Å². The number of aliphatic carboxylic acids is 1. The van der Waals surface area contributed by atoms with Gasteiger partial charge in [0.2, 0.25) is 0 Å². The van der Waals surface area contributed by atoms with Gasteiger partial charge in [-0.1, -0.05) is 31.5 Å². The molecule has 0 saturated heterocycles. The molecule has 10 heteroatoms. The number of carboxylic acids is 2. The molecular formula is C21H23F3N2O5. The first-order valence-corrected chi connectivity index (χ1v) is 9.22. The molecule has 1 amide bonds. The summed E-state index contributed by atoms with van der Waals surface area (Å²) in [7, 11) is 1.93. The summed E-state index contributed by atoms with van der Waals surface area (Å²) >= 11 is 0. The van der Waals surface area contributed by atoms with Crippen molar-refractivity contribution < 1.29 is 37.8 Å². The Labute approximate surface area is 177 Å². The molecule has 0 aliphatic rings. The molecule has 0 atom stereocenters. The minimum Gasteiger partial charge on any atom is -0.478 e. The standard InChI is InChI=1S/C19H22N2O3.C2HF3O2/c1-3-4-12-21(2)17-11-10-15(19(23)24)13-16(17)20-18(22)14-8-6-5-7-9-14;3-2(4,5)1(6)7/h5-11,13H,3-4,12H2,1-2H3,(H,20,22)(H,23,24);(H,6,7). The molecule has 0 fully saturated rings. The third-order valence-electron chi connectivity index (χ3n) is 4.03. The van der Waals surface area contributed by atoms with Crippen LogP contribution < -0.4 is 10.2 Å². The smallest absolute Gasteiger partial charge is 0.478 e. The summed E-state index contributed by atoms with van der Waals surface area (Å²) in [6, 6.07) is 13.6. The average Bonchev–Trinajstić information content (AvgIpc) is 2.72. The van der Waals surface area contributed by atoms with Crippen molar-refractivity contribution in [1.82, 2.24) is 0 Å². The van der Waals surface area contributed by atoms with Gasteiger partial charge >= 0.3 is 18.1 Å². The molecule has 0 radical (unpaired) electrons. The zero-order valence-electron chi connectivity index (χ0n) is 16.9. The van der Waals surface area contributed by atoms with Crippen molar-refractivity contribution in [2.24, 2.45) is 0 Å². The highest BCUT2D eigenvalue weighted by atomic mass is 19.4. The molecule has 2 aromatic carbocycles. The summed E-state index contributed by atoms with van der Waals surface area (Å²) in [5.41, 5.74) is 1.98. The van der Waals surface area contributed by atoms with Crippen molar-refractivity contribution in [3.63, 3.8) is 0 Å². The molecule has 0 aromatic heterocycles. The number of halogens is 3. The molecule has 2 aromatic rings. The van der Waals surface area contributed by atoms with Crippen LogP contribution in [0.1, 0.15) is 40.5 Å². The Morgan fingerprint density at radius 1 is 1.00 bits per heavy atom. The lowest BCUT2D eigenvalue weighted by Gasteiger charge is -2.23. The molecule has 168 valence electrons. The predicted octanol–water partition coefficient (Wildman–Crippen LogP) is 4.51. The normalized spacial score (nSPS) is 10.5. The van der Waals surface area contributed by atoms with Gasteiger partial charge in [0.1, 0.15) is 0 Å². The lowest BCUT2D eigenvalue weighted by molar-refractivity contribution is -0.192. The minimum atomic E-state index is -5.08. The van der Waals surface area contributed by atoms with E-state index < -0.39 is 18.1 Å². The highest BCUT2D eigenvalue weighted by Crippen LogP contribution is 2.27. The highest BCUT2D eigenvalue weighted by Gasteiger charge is 2.38. The fourth-order valence-corrected chi connectivity index (χ4v) is 2.40. The van der Waals surface area contributed by atoms with E-state index in [2.05, 4.69) is 12.2 Å². The van der Waals surface area contributed by atoms with Gasteiger partial charge in [-0.05, 0) is 36.8 Å². The first-order chi connectivity index (χ1) is 14.5. The van der Waals surface area contributed by atoms with Crippen LogP contribution in [0.4, 0.5) is 24.5 Å². The molecule has 0 aliphatic heterocycles. The molecule has 0 bridgehead atoms. The number of rotatable bonds is 7. The topological polar surface area (TPSA) is 107 Å². The van der Waals surface area contributed by atoms with Crippen LogP contribution in [0.15, 0.2) is 48.5 Å². The van der Waals surface area contributed by atoms with Gasteiger partial charge in [0, 0.05) is 19.2 Å². The van der Waals surface area contributed by atoms with Crippen LogP contribution in [0, 0.1) is 0 Å². The molecule has 3 N–H and O–H groups in total. The number of alkyl halides is 3. The second-order valence-electron chi connectivity index (χ2n) is 6.44. The van der Waals surface area contributed by atoms with Gasteiger partial charge in [-0.3, -0.25) is 4.79 Å². The monoisotopic (exact) mass is 440 g/mol. The van der Waals surface area contributed by atoms with E-state index in [1.54, 1.807) is 36.4 Å². The Morgan fingerprint density at radius 3 is 2.06 bits per heavy atom. The summed E-state index contributed by atoms with van der Waals surface area (Å²) in [6.07, 6.45) is -3.01. The number of hydrogen-bond donors (Lipinski definition) is 3. The van der Waals surface area contributed by atoms with E-state index in [4.69, 9.17) is 9.90 Å². The van der Waals surface area contributed by atoms with Crippen LogP contribution >= 0.6 is 0 Å². The first-order valence-electron chi connectivity index (χ1n) is 9.22. The molecule has 7 nitrogen and oxygen atoms in total. The fourth-order valence-electron chi connectivity index (χ4n) is 2.40. The van der Waals surface area contributed by atoms with Crippen molar-refractivity contribution in [2.75, 3.05) is 23.8 Å².